The summed E-state index contributed by atoms with van der Waals surface area (Å²) in [5.74, 6) is 0.365. The molecule has 1 aliphatic rings. The molecule has 1 fully saturated rings. The Labute approximate surface area is 114 Å². The lowest BCUT2D eigenvalue weighted by molar-refractivity contribution is 0.0738. The van der Waals surface area contributed by atoms with E-state index in [9.17, 15) is 4.79 Å². The molecule has 5 nitrogen and oxygen atoms in total. The van der Waals surface area contributed by atoms with E-state index in [1.165, 1.54) is 0 Å². The van der Waals surface area contributed by atoms with Gasteiger partial charge in [0.05, 0.1) is 0 Å². The smallest absolute Gasteiger partial charge is 0.274 e. The van der Waals surface area contributed by atoms with E-state index in [1.54, 1.807) is 4.90 Å². The molecule has 102 valence electrons. The van der Waals surface area contributed by atoms with Crippen LogP contribution in [0.4, 0.5) is 0 Å². The number of aromatic nitrogens is 2. The maximum atomic E-state index is 12.2. The molecule has 1 saturated heterocycles. The quantitative estimate of drug-likeness (QED) is 0.874. The molecule has 1 aromatic rings. The first-order chi connectivity index (χ1) is 8.09. The molecular formula is C12H21ClN4O. The van der Waals surface area contributed by atoms with Crippen LogP contribution in [-0.4, -0.2) is 47.2 Å². The van der Waals surface area contributed by atoms with Crippen molar-refractivity contribution in [1.82, 2.24) is 20.4 Å². The highest BCUT2D eigenvalue weighted by Crippen LogP contribution is 2.15. The number of carbonyl (C=O) groups excluding carboxylic acids is 1. The molecule has 1 unspecified atom stereocenters. The molecule has 2 N–H and O–H groups in total. The summed E-state index contributed by atoms with van der Waals surface area (Å²) >= 11 is 0. The number of amides is 1. The Kier molecular flexibility index (Phi) is 5.16. The van der Waals surface area contributed by atoms with Gasteiger partial charge in [0, 0.05) is 25.3 Å². The van der Waals surface area contributed by atoms with Crippen LogP contribution in [0.3, 0.4) is 0 Å². The Hall–Kier alpha value is -1.07. The number of nitrogens with zero attached hydrogens (tertiary/aromatic N) is 2. The number of hydrogen-bond acceptors (Lipinski definition) is 3. The normalized spacial score (nSPS) is 18.8. The van der Waals surface area contributed by atoms with Crippen LogP contribution in [0, 0.1) is 0 Å². The van der Waals surface area contributed by atoms with Crippen molar-refractivity contribution < 1.29 is 4.79 Å². The summed E-state index contributed by atoms with van der Waals surface area (Å²) in [6, 6.07) is 2.15. The van der Waals surface area contributed by atoms with Crippen LogP contribution < -0.4 is 5.32 Å². The Balaban J connectivity index is 0.00000162. The minimum Gasteiger partial charge on any atom is -0.336 e. The average molecular weight is 273 g/mol. The van der Waals surface area contributed by atoms with Crippen LogP contribution in [0.25, 0.3) is 0 Å². The number of carbonyl (C=O) groups is 1. The molecule has 1 amide bonds. The first kappa shape index (κ1) is 15.0. The fraction of sp³-hybridized carbons (Fsp3) is 0.667. The number of rotatable bonds is 3. The van der Waals surface area contributed by atoms with Crippen molar-refractivity contribution in [2.45, 2.75) is 32.2 Å². The van der Waals surface area contributed by atoms with Crippen LogP contribution in [0.1, 0.15) is 42.4 Å². The van der Waals surface area contributed by atoms with Gasteiger partial charge >= 0.3 is 0 Å². The van der Waals surface area contributed by atoms with Crippen molar-refractivity contribution in [3.63, 3.8) is 0 Å². The largest absolute Gasteiger partial charge is 0.336 e. The molecule has 0 spiro atoms. The molecule has 2 rings (SSSR count). The number of likely N-dealkylation sites (N-methyl/N-ethyl adjacent to an activating group) is 1. The second kappa shape index (κ2) is 6.20. The van der Waals surface area contributed by atoms with Crippen LogP contribution >= 0.6 is 12.4 Å². The highest BCUT2D eigenvalue weighted by molar-refractivity contribution is 5.92. The van der Waals surface area contributed by atoms with Crippen molar-refractivity contribution in [3.05, 3.63) is 17.5 Å². The second-order valence-electron chi connectivity index (χ2n) is 4.93. The van der Waals surface area contributed by atoms with Gasteiger partial charge in [0.2, 0.25) is 0 Å². The third-order valence-corrected chi connectivity index (χ3v) is 3.34. The molecule has 18 heavy (non-hydrogen) atoms. The van der Waals surface area contributed by atoms with Crippen LogP contribution in [0.5, 0.6) is 0 Å². The first-order valence-corrected chi connectivity index (χ1v) is 6.12. The van der Waals surface area contributed by atoms with Gasteiger partial charge in [-0.25, -0.2) is 0 Å². The number of nitrogens with one attached hydrogen (secondary N) is 2. The SMILES string of the molecule is CC(C)c1cc(C(=O)N(C)C2CCNC2)n[nH]1.Cl. The monoisotopic (exact) mass is 272 g/mol. The van der Waals surface area contributed by atoms with E-state index in [0.717, 1.165) is 25.2 Å². The van der Waals surface area contributed by atoms with Gasteiger partial charge in [-0.1, -0.05) is 13.8 Å². The first-order valence-electron chi connectivity index (χ1n) is 6.12. The Morgan fingerprint density at radius 1 is 1.56 bits per heavy atom. The topological polar surface area (TPSA) is 61.0 Å². The van der Waals surface area contributed by atoms with Crippen molar-refractivity contribution in [2.75, 3.05) is 20.1 Å². The predicted molar refractivity (Wildman–Crippen MR) is 73.3 cm³/mol. The molecule has 0 aliphatic carbocycles. The van der Waals surface area contributed by atoms with E-state index in [4.69, 9.17) is 0 Å². The minimum atomic E-state index is 0. The number of H-pyrrole nitrogens is 1. The van der Waals surface area contributed by atoms with Gasteiger partial charge < -0.3 is 10.2 Å². The van der Waals surface area contributed by atoms with E-state index in [1.807, 2.05) is 13.1 Å². The lowest BCUT2D eigenvalue weighted by Gasteiger charge is -2.22. The number of halogens is 1. The molecule has 0 aromatic carbocycles. The Morgan fingerprint density at radius 3 is 2.78 bits per heavy atom. The maximum Gasteiger partial charge on any atom is 0.274 e. The zero-order valence-corrected chi connectivity index (χ0v) is 11.9. The van der Waals surface area contributed by atoms with E-state index < -0.39 is 0 Å². The molecule has 1 aromatic heterocycles. The molecule has 0 radical (unpaired) electrons. The maximum absolute atomic E-state index is 12.2. The second-order valence-corrected chi connectivity index (χ2v) is 4.93. The van der Waals surface area contributed by atoms with Gasteiger partial charge in [-0.2, -0.15) is 5.10 Å². The van der Waals surface area contributed by atoms with E-state index >= 15 is 0 Å². The van der Waals surface area contributed by atoms with Gasteiger partial charge in [-0.3, -0.25) is 9.89 Å². The molecular weight excluding hydrogens is 252 g/mol. The third-order valence-electron chi connectivity index (χ3n) is 3.34. The fourth-order valence-corrected chi connectivity index (χ4v) is 2.06. The highest BCUT2D eigenvalue weighted by atomic mass is 35.5. The van der Waals surface area contributed by atoms with Crippen molar-refractivity contribution in [1.29, 1.82) is 0 Å². The van der Waals surface area contributed by atoms with Gasteiger partial charge in [-0.05, 0) is 24.9 Å². The summed E-state index contributed by atoms with van der Waals surface area (Å²) in [5, 5.41) is 10.3. The van der Waals surface area contributed by atoms with Crippen molar-refractivity contribution in [2.24, 2.45) is 0 Å². The predicted octanol–water partition coefficient (Wildman–Crippen LogP) is 1.39. The molecule has 1 aliphatic heterocycles. The van der Waals surface area contributed by atoms with E-state index in [2.05, 4.69) is 29.4 Å². The Morgan fingerprint density at radius 2 is 2.28 bits per heavy atom. The van der Waals surface area contributed by atoms with Crippen LogP contribution in [-0.2, 0) is 0 Å². The molecule has 1 atom stereocenters. The highest BCUT2D eigenvalue weighted by Gasteiger charge is 2.25. The van der Waals surface area contributed by atoms with Gasteiger partial charge in [0.25, 0.3) is 5.91 Å². The average Bonchev–Trinajstić information content (AvgIpc) is 2.97. The summed E-state index contributed by atoms with van der Waals surface area (Å²) < 4.78 is 0. The van der Waals surface area contributed by atoms with Crippen molar-refractivity contribution >= 4 is 18.3 Å². The molecule has 2 heterocycles. The summed E-state index contributed by atoms with van der Waals surface area (Å²) in [7, 11) is 1.85. The standard InChI is InChI=1S/C12H20N4O.ClH/c1-8(2)10-6-11(15-14-10)12(17)16(3)9-4-5-13-7-9;/h6,8-9,13H,4-5,7H2,1-3H3,(H,14,15);1H. The van der Waals surface area contributed by atoms with Crippen LogP contribution in [0.15, 0.2) is 6.07 Å². The number of aromatic amines is 1. The fourth-order valence-electron chi connectivity index (χ4n) is 2.06. The molecule has 0 saturated carbocycles. The zero-order valence-electron chi connectivity index (χ0n) is 11.1. The Bertz CT molecular complexity index is 399. The summed E-state index contributed by atoms with van der Waals surface area (Å²) in [6.07, 6.45) is 1.02. The third kappa shape index (κ3) is 3.03. The van der Waals surface area contributed by atoms with Crippen LogP contribution in [0.2, 0.25) is 0 Å². The summed E-state index contributed by atoms with van der Waals surface area (Å²) in [4.78, 5) is 14.0. The van der Waals surface area contributed by atoms with Crippen molar-refractivity contribution in [3.8, 4) is 0 Å². The lowest BCUT2D eigenvalue weighted by Crippen LogP contribution is -2.38. The molecule has 6 heteroatoms. The van der Waals surface area contributed by atoms with Gasteiger partial charge in [0.15, 0.2) is 0 Å². The molecule has 0 bridgehead atoms. The lowest BCUT2D eigenvalue weighted by atomic mass is 10.1. The van der Waals surface area contributed by atoms with E-state index in [0.29, 0.717) is 17.7 Å². The number of hydrogen-bond donors (Lipinski definition) is 2. The van der Waals surface area contributed by atoms with E-state index in [-0.39, 0.29) is 18.3 Å². The zero-order chi connectivity index (χ0) is 12.4. The van der Waals surface area contributed by atoms with Gasteiger partial charge in [-0.15, -0.1) is 12.4 Å². The van der Waals surface area contributed by atoms with Gasteiger partial charge in [0.1, 0.15) is 5.69 Å². The summed E-state index contributed by atoms with van der Waals surface area (Å²) in [5.41, 5.74) is 1.52. The summed E-state index contributed by atoms with van der Waals surface area (Å²) in [6.45, 7) is 6.02. The minimum absolute atomic E-state index is 0.